The molecule has 3 heteroatoms. The van der Waals surface area contributed by atoms with Crippen LogP contribution in [-0.2, 0) is 12.8 Å². The van der Waals surface area contributed by atoms with Gasteiger partial charge in [0.1, 0.15) is 0 Å². The lowest BCUT2D eigenvalue weighted by Gasteiger charge is -2.07. The molecule has 2 rings (SSSR count). The van der Waals surface area contributed by atoms with E-state index in [2.05, 4.69) is 43.3 Å². The number of benzene rings is 2. The quantitative estimate of drug-likeness (QED) is 0.457. The topological polar surface area (TPSA) is 0 Å². The smallest absolute Gasteiger partial charge is 0.171 e. The van der Waals surface area contributed by atoms with Crippen LogP contribution >= 0.6 is 0 Å². The van der Waals surface area contributed by atoms with Crippen LogP contribution in [0.25, 0.3) is 11.1 Å². The summed E-state index contributed by atoms with van der Waals surface area (Å²) in [5.74, 6) is 0. The van der Waals surface area contributed by atoms with E-state index >= 15 is 0 Å². The van der Waals surface area contributed by atoms with Crippen LogP contribution < -0.4 is 0 Å². The van der Waals surface area contributed by atoms with Crippen molar-refractivity contribution >= 4 is 0 Å². The van der Waals surface area contributed by atoms with Gasteiger partial charge in [-0.3, -0.25) is 0 Å². The molecule has 0 aliphatic heterocycles. The van der Waals surface area contributed by atoms with Crippen LogP contribution in [0.5, 0.6) is 0 Å². The van der Waals surface area contributed by atoms with E-state index in [4.69, 9.17) is 0 Å². The number of hydrogen-bond acceptors (Lipinski definition) is 0. The largest absolute Gasteiger partial charge is 0.389 e. The Balaban J connectivity index is 1.87. The molecule has 0 heterocycles. The molecule has 0 saturated carbocycles. The van der Waals surface area contributed by atoms with Crippen LogP contribution in [-0.4, -0.2) is 6.18 Å². The summed E-state index contributed by atoms with van der Waals surface area (Å²) in [6.45, 7) is 2.19. The number of alkyl halides is 3. The fourth-order valence-electron chi connectivity index (χ4n) is 2.76. The Labute approximate surface area is 142 Å². The molecule has 0 saturated heterocycles. The summed E-state index contributed by atoms with van der Waals surface area (Å²) in [4.78, 5) is 0. The highest BCUT2D eigenvalue weighted by Crippen LogP contribution is 2.24. The number of aryl methyl sites for hydroxylation is 2. The Morgan fingerprint density at radius 2 is 1.12 bits per heavy atom. The van der Waals surface area contributed by atoms with E-state index < -0.39 is 12.6 Å². The molecule has 0 aliphatic rings. The highest BCUT2D eigenvalue weighted by Gasteiger charge is 2.25. The minimum atomic E-state index is -4.03. The van der Waals surface area contributed by atoms with Crippen molar-refractivity contribution in [1.29, 1.82) is 0 Å². The van der Waals surface area contributed by atoms with E-state index in [0.717, 1.165) is 17.5 Å². The van der Waals surface area contributed by atoms with E-state index in [1.807, 2.05) is 12.1 Å². The molecule has 0 nitrogen and oxygen atoms in total. The lowest BCUT2D eigenvalue weighted by Crippen LogP contribution is -2.06. The van der Waals surface area contributed by atoms with Crippen molar-refractivity contribution in [2.24, 2.45) is 0 Å². The van der Waals surface area contributed by atoms with Gasteiger partial charge < -0.3 is 0 Å². The third-order valence-corrected chi connectivity index (χ3v) is 4.24. The first-order chi connectivity index (χ1) is 11.5. The fourth-order valence-corrected chi connectivity index (χ4v) is 2.76. The Morgan fingerprint density at radius 1 is 0.667 bits per heavy atom. The summed E-state index contributed by atoms with van der Waals surface area (Å²) >= 11 is 0. The average molecular weight is 334 g/mol. The zero-order valence-electron chi connectivity index (χ0n) is 14.2. The van der Waals surface area contributed by atoms with Crippen LogP contribution in [0.2, 0.25) is 0 Å². The van der Waals surface area contributed by atoms with Crippen LogP contribution in [0.1, 0.15) is 50.2 Å². The maximum atomic E-state index is 12.1. The van der Waals surface area contributed by atoms with Gasteiger partial charge in [0.05, 0.1) is 0 Å². The second kappa shape index (κ2) is 8.91. The third kappa shape index (κ3) is 6.38. The van der Waals surface area contributed by atoms with Gasteiger partial charge in [0.15, 0.2) is 0 Å². The second-order valence-corrected chi connectivity index (χ2v) is 6.32. The van der Waals surface area contributed by atoms with Gasteiger partial charge in [-0.05, 0) is 54.4 Å². The van der Waals surface area contributed by atoms with Gasteiger partial charge in [-0.1, -0.05) is 61.9 Å². The first kappa shape index (κ1) is 18.6. The molecule has 0 radical (unpaired) electrons. The maximum absolute atomic E-state index is 12.1. The van der Waals surface area contributed by atoms with Gasteiger partial charge in [0.25, 0.3) is 0 Å². The Morgan fingerprint density at radius 3 is 1.54 bits per heavy atom. The van der Waals surface area contributed by atoms with Crippen molar-refractivity contribution in [2.45, 2.75) is 58.0 Å². The molecule has 0 aromatic heterocycles. The second-order valence-electron chi connectivity index (χ2n) is 6.32. The molecule has 2 aromatic rings. The van der Waals surface area contributed by atoms with E-state index in [1.165, 1.54) is 24.0 Å². The number of hydrogen-bond donors (Lipinski definition) is 0. The molecular formula is C21H25F3. The summed E-state index contributed by atoms with van der Waals surface area (Å²) in [6.07, 6.45) is 0.284. The highest BCUT2D eigenvalue weighted by atomic mass is 19.4. The van der Waals surface area contributed by atoms with Gasteiger partial charge in [0.2, 0.25) is 0 Å². The number of unbranched alkanes of at least 4 members (excludes halogenated alkanes) is 2. The standard InChI is InChI=1S/C21H25F3/c1-2-3-6-17-8-12-19(13-9-17)20-14-10-18(11-15-20)7-4-5-16-21(22,23)24/h8-15H,2-7,16H2,1H3. The molecule has 0 atom stereocenters. The molecule has 0 amide bonds. The molecule has 2 aromatic carbocycles. The summed E-state index contributed by atoms with van der Waals surface area (Å²) in [7, 11) is 0. The maximum Gasteiger partial charge on any atom is 0.389 e. The van der Waals surface area contributed by atoms with E-state index in [-0.39, 0.29) is 6.42 Å². The van der Waals surface area contributed by atoms with Crippen LogP contribution in [0, 0.1) is 0 Å². The molecule has 0 spiro atoms. The third-order valence-electron chi connectivity index (χ3n) is 4.24. The van der Waals surface area contributed by atoms with E-state index in [9.17, 15) is 13.2 Å². The summed E-state index contributed by atoms with van der Waals surface area (Å²) < 4.78 is 36.4. The van der Waals surface area contributed by atoms with Gasteiger partial charge in [-0.2, -0.15) is 13.2 Å². The Bertz CT molecular complexity index is 594. The molecule has 24 heavy (non-hydrogen) atoms. The highest BCUT2D eigenvalue weighted by molar-refractivity contribution is 5.63. The molecule has 0 aliphatic carbocycles. The van der Waals surface area contributed by atoms with Crippen LogP contribution in [0.15, 0.2) is 48.5 Å². The average Bonchev–Trinajstić information content (AvgIpc) is 2.57. The van der Waals surface area contributed by atoms with Crippen molar-refractivity contribution in [2.75, 3.05) is 0 Å². The first-order valence-electron chi connectivity index (χ1n) is 8.73. The van der Waals surface area contributed by atoms with Crippen molar-refractivity contribution in [3.63, 3.8) is 0 Å². The summed E-state index contributed by atoms with van der Waals surface area (Å²) in [5.41, 5.74) is 4.79. The van der Waals surface area contributed by atoms with Crippen LogP contribution in [0.3, 0.4) is 0 Å². The van der Waals surface area contributed by atoms with Crippen molar-refractivity contribution in [3.05, 3.63) is 59.7 Å². The van der Waals surface area contributed by atoms with Gasteiger partial charge in [-0.25, -0.2) is 0 Å². The molecule has 0 unspecified atom stereocenters. The van der Waals surface area contributed by atoms with Gasteiger partial charge in [0, 0.05) is 6.42 Å². The lowest BCUT2D eigenvalue weighted by atomic mass is 9.99. The van der Waals surface area contributed by atoms with E-state index in [0.29, 0.717) is 12.8 Å². The van der Waals surface area contributed by atoms with Crippen molar-refractivity contribution < 1.29 is 13.2 Å². The predicted molar refractivity (Wildman–Crippen MR) is 94.1 cm³/mol. The monoisotopic (exact) mass is 334 g/mol. The Kier molecular flexibility index (Phi) is 6.89. The van der Waals surface area contributed by atoms with E-state index in [1.54, 1.807) is 0 Å². The first-order valence-corrected chi connectivity index (χ1v) is 8.73. The zero-order chi connectivity index (χ0) is 17.4. The van der Waals surface area contributed by atoms with Gasteiger partial charge in [-0.15, -0.1) is 0 Å². The van der Waals surface area contributed by atoms with Crippen molar-refractivity contribution in [3.8, 4) is 11.1 Å². The summed E-state index contributed by atoms with van der Waals surface area (Å²) in [6, 6.07) is 16.8. The number of rotatable bonds is 8. The lowest BCUT2D eigenvalue weighted by molar-refractivity contribution is -0.135. The minimum Gasteiger partial charge on any atom is -0.171 e. The zero-order valence-corrected chi connectivity index (χ0v) is 14.2. The minimum absolute atomic E-state index is 0.199. The molecule has 0 bridgehead atoms. The van der Waals surface area contributed by atoms with Crippen LogP contribution in [0.4, 0.5) is 13.2 Å². The normalized spacial score (nSPS) is 11.7. The number of halogens is 3. The Hall–Kier alpha value is -1.77. The van der Waals surface area contributed by atoms with Gasteiger partial charge >= 0.3 is 6.18 Å². The molecule has 0 fully saturated rings. The predicted octanol–water partition coefficient (Wildman–Crippen LogP) is 6.97. The summed E-state index contributed by atoms with van der Waals surface area (Å²) in [5, 5.41) is 0. The molecular weight excluding hydrogens is 309 g/mol. The SMILES string of the molecule is CCCCc1ccc(-c2ccc(CCCCC(F)(F)F)cc2)cc1. The molecule has 130 valence electrons. The van der Waals surface area contributed by atoms with Crippen molar-refractivity contribution in [1.82, 2.24) is 0 Å². The fraction of sp³-hybridized carbons (Fsp3) is 0.429. The molecule has 0 N–H and O–H groups in total.